The van der Waals surface area contributed by atoms with Crippen LogP contribution in [0.1, 0.15) is 59.8 Å². The van der Waals surface area contributed by atoms with Crippen LogP contribution in [0.25, 0.3) is 0 Å². The maximum Gasteiger partial charge on any atom is 0.0436 e. The fourth-order valence-corrected chi connectivity index (χ4v) is 4.82. The molecule has 1 saturated carbocycles. The van der Waals surface area contributed by atoms with E-state index in [1.54, 1.807) is 0 Å². The van der Waals surface area contributed by atoms with E-state index < -0.39 is 0 Å². The van der Waals surface area contributed by atoms with Gasteiger partial charge in [0, 0.05) is 6.61 Å². The van der Waals surface area contributed by atoms with Gasteiger partial charge in [-0.25, -0.2) is 0 Å². The average molecular weight is 236 g/mol. The van der Waals surface area contributed by atoms with Gasteiger partial charge < -0.3 is 5.11 Å². The van der Waals surface area contributed by atoms with E-state index >= 15 is 0 Å². The number of allylic oxidation sites excluding steroid dienone is 2. The first-order chi connectivity index (χ1) is 7.92. The summed E-state index contributed by atoms with van der Waals surface area (Å²) in [5.74, 6) is 1.40. The summed E-state index contributed by atoms with van der Waals surface area (Å²) in [7, 11) is 0. The van der Waals surface area contributed by atoms with E-state index in [0.29, 0.717) is 23.4 Å². The summed E-state index contributed by atoms with van der Waals surface area (Å²) in [6.07, 6.45) is 8.71. The fraction of sp³-hybridized carbons (Fsp3) is 0.875. The van der Waals surface area contributed by atoms with E-state index in [-0.39, 0.29) is 0 Å². The molecule has 0 amide bonds. The van der Waals surface area contributed by atoms with Crippen molar-refractivity contribution in [2.45, 2.75) is 59.8 Å². The van der Waals surface area contributed by atoms with Gasteiger partial charge in [-0.3, -0.25) is 0 Å². The molecule has 1 nitrogen and oxygen atoms in total. The first-order valence-electron chi connectivity index (χ1n) is 7.19. The van der Waals surface area contributed by atoms with Gasteiger partial charge in [-0.05, 0) is 55.3 Å². The Balaban J connectivity index is 2.35. The van der Waals surface area contributed by atoms with E-state index in [1.807, 2.05) is 0 Å². The lowest BCUT2D eigenvalue weighted by Gasteiger charge is -2.56. The van der Waals surface area contributed by atoms with Crippen molar-refractivity contribution in [3.63, 3.8) is 0 Å². The minimum Gasteiger partial charge on any atom is -0.396 e. The molecule has 2 rings (SSSR count). The monoisotopic (exact) mass is 236 g/mol. The molecular formula is C16H28O. The Morgan fingerprint density at radius 2 is 2.00 bits per heavy atom. The molecule has 0 aromatic heterocycles. The molecule has 1 heteroatoms. The number of aliphatic hydroxyl groups is 1. The van der Waals surface area contributed by atoms with Gasteiger partial charge in [0.2, 0.25) is 0 Å². The Kier molecular flexibility index (Phi) is 3.42. The summed E-state index contributed by atoms with van der Waals surface area (Å²) in [4.78, 5) is 0. The quantitative estimate of drug-likeness (QED) is 0.714. The summed E-state index contributed by atoms with van der Waals surface area (Å²) in [5, 5.41) is 9.34. The van der Waals surface area contributed by atoms with Gasteiger partial charge in [0.05, 0.1) is 0 Å². The fourth-order valence-electron chi connectivity index (χ4n) is 4.82. The molecule has 98 valence electrons. The van der Waals surface area contributed by atoms with Gasteiger partial charge in [0.1, 0.15) is 0 Å². The van der Waals surface area contributed by atoms with Crippen molar-refractivity contribution in [1.82, 2.24) is 0 Å². The maximum atomic E-state index is 9.34. The molecule has 1 unspecified atom stereocenters. The first kappa shape index (κ1) is 13.1. The van der Waals surface area contributed by atoms with E-state index in [1.165, 1.54) is 31.3 Å². The van der Waals surface area contributed by atoms with Gasteiger partial charge in [0.25, 0.3) is 0 Å². The molecule has 0 aromatic rings. The second-order valence-corrected chi connectivity index (χ2v) is 7.15. The standard InChI is InChI=1S/C16H28O/c1-12-6-7-14-15(2,3)9-5-10-16(14,4)13(12)8-11-17/h6,13-14,17H,5,7-11H2,1-4H3/t13?,14-,16+/m0/s1. The molecular weight excluding hydrogens is 208 g/mol. The molecule has 0 heterocycles. The van der Waals surface area contributed by atoms with Crippen LogP contribution < -0.4 is 0 Å². The highest BCUT2D eigenvalue weighted by atomic mass is 16.3. The molecule has 1 N–H and O–H groups in total. The van der Waals surface area contributed by atoms with Crippen molar-refractivity contribution in [3.8, 4) is 0 Å². The van der Waals surface area contributed by atoms with Gasteiger partial charge in [-0.2, -0.15) is 0 Å². The van der Waals surface area contributed by atoms with Crippen LogP contribution in [-0.2, 0) is 0 Å². The third kappa shape index (κ3) is 2.07. The predicted octanol–water partition coefficient (Wildman–Crippen LogP) is 4.17. The number of hydrogen-bond acceptors (Lipinski definition) is 1. The van der Waals surface area contributed by atoms with Crippen LogP contribution in [0.5, 0.6) is 0 Å². The third-order valence-electron chi connectivity index (χ3n) is 5.71. The summed E-state index contributed by atoms with van der Waals surface area (Å²) < 4.78 is 0. The summed E-state index contributed by atoms with van der Waals surface area (Å²) in [6, 6.07) is 0. The molecule has 1 fully saturated rings. The molecule has 17 heavy (non-hydrogen) atoms. The largest absolute Gasteiger partial charge is 0.396 e. The number of rotatable bonds is 2. The highest BCUT2D eigenvalue weighted by molar-refractivity contribution is 5.18. The Bertz CT molecular complexity index is 315. The van der Waals surface area contributed by atoms with Crippen molar-refractivity contribution < 1.29 is 5.11 Å². The van der Waals surface area contributed by atoms with E-state index in [9.17, 15) is 5.11 Å². The number of hydrogen-bond donors (Lipinski definition) is 1. The zero-order chi connectivity index (χ0) is 12.7. The minimum atomic E-state index is 0.332. The van der Waals surface area contributed by atoms with Gasteiger partial charge in [-0.1, -0.05) is 38.8 Å². The lowest BCUT2D eigenvalue weighted by Crippen LogP contribution is -2.48. The third-order valence-corrected chi connectivity index (χ3v) is 5.71. The van der Waals surface area contributed by atoms with Crippen LogP contribution >= 0.6 is 0 Å². The van der Waals surface area contributed by atoms with Crippen molar-refractivity contribution in [1.29, 1.82) is 0 Å². The van der Waals surface area contributed by atoms with Crippen molar-refractivity contribution in [2.24, 2.45) is 22.7 Å². The summed E-state index contributed by atoms with van der Waals surface area (Å²) >= 11 is 0. The van der Waals surface area contributed by atoms with Crippen LogP contribution in [0.3, 0.4) is 0 Å². The Morgan fingerprint density at radius 1 is 1.29 bits per heavy atom. The Morgan fingerprint density at radius 3 is 2.65 bits per heavy atom. The van der Waals surface area contributed by atoms with Crippen molar-refractivity contribution >= 4 is 0 Å². The predicted molar refractivity (Wildman–Crippen MR) is 72.8 cm³/mol. The van der Waals surface area contributed by atoms with Crippen LogP contribution in [0.15, 0.2) is 11.6 Å². The second kappa shape index (κ2) is 4.42. The van der Waals surface area contributed by atoms with Gasteiger partial charge in [-0.15, -0.1) is 0 Å². The lowest BCUT2D eigenvalue weighted by atomic mass is 9.48. The zero-order valence-corrected chi connectivity index (χ0v) is 11.9. The smallest absolute Gasteiger partial charge is 0.0436 e. The normalized spacial score (nSPS) is 40.6. The molecule has 0 radical (unpaired) electrons. The number of aliphatic hydroxyl groups excluding tert-OH is 1. The summed E-state index contributed by atoms with van der Waals surface area (Å²) in [6.45, 7) is 9.97. The van der Waals surface area contributed by atoms with Crippen LogP contribution in [0.2, 0.25) is 0 Å². The van der Waals surface area contributed by atoms with Gasteiger partial charge in [0.15, 0.2) is 0 Å². The molecule has 0 aromatic carbocycles. The van der Waals surface area contributed by atoms with E-state index in [2.05, 4.69) is 33.8 Å². The highest BCUT2D eigenvalue weighted by Crippen LogP contribution is 2.60. The number of fused-ring (bicyclic) bond motifs is 1. The SMILES string of the molecule is CC1=CC[C@H]2C(C)(C)CCC[C@]2(C)C1CCO. The molecule has 0 bridgehead atoms. The lowest BCUT2D eigenvalue weighted by molar-refractivity contribution is -0.0425. The van der Waals surface area contributed by atoms with Crippen LogP contribution in [0.4, 0.5) is 0 Å². The highest BCUT2D eigenvalue weighted by Gasteiger charge is 2.51. The molecule has 0 saturated heterocycles. The maximum absolute atomic E-state index is 9.34. The Labute approximate surface area is 106 Å². The van der Waals surface area contributed by atoms with Gasteiger partial charge >= 0.3 is 0 Å². The first-order valence-corrected chi connectivity index (χ1v) is 7.19. The minimum absolute atomic E-state index is 0.332. The molecule has 0 spiro atoms. The average Bonchev–Trinajstić information content (AvgIpc) is 2.22. The van der Waals surface area contributed by atoms with E-state index in [0.717, 1.165) is 12.3 Å². The van der Waals surface area contributed by atoms with Crippen LogP contribution in [-0.4, -0.2) is 11.7 Å². The van der Waals surface area contributed by atoms with Crippen LogP contribution in [0, 0.1) is 22.7 Å². The van der Waals surface area contributed by atoms with Crippen molar-refractivity contribution in [2.75, 3.05) is 6.61 Å². The summed E-state index contributed by atoms with van der Waals surface area (Å²) in [5.41, 5.74) is 2.41. The molecule has 3 atom stereocenters. The molecule has 2 aliphatic carbocycles. The Hall–Kier alpha value is -0.300. The van der Waals surface area contributed by atoms with E-state index in [4.69, 9.17) is 0 Å². The van der Waals surface area contributed by atoms with Crippen molar-refractivity contribution in [3.05, 3.63) is 11.6 Å². The molecule has 2 aliphatic rings. The zero-order valence-electron chi connectivity index (χ0n) is 11.9. The topological polar surface area (TPSA) is 20.2 Å². The second-order valence-electron chi connectivity index (χ2n) is 7.15. The molecule has 0 aliphatic heterocycles.